The summed E-state index contributed by atoms with van der Waals surface area (Å²) in [5, 5.41) is 13.0. The van der Waals surface area contributed by atoms with Gasteiger partial charge in [-0.1, -0.05) is 0 Å². The Labute approximate surface area is 167 Å². The summed E-state index contributed by atoms with van der Waals surface area (Å²) in [6, 6.07) is 2.36. The van der Waals surface area contributed by atoms with E-state index in [1.807, 2.05) is 5.32 Å². The summed E-state index contributed by atoms with van der Waals surface area (Å²) in [5.41, 5.74) is -0.113. The molecule has 1 amide bonds. The van der Waals surface area contributed by atoms with Crippen molar-refractivity contribution >= 4 is 28.5 Å². The van der Waals surface area contributed by atoms with Gasteiger partial charge in [0.25, 0.3) is 0 Å². The zero-order valence-corrected chi connectivity index (χ0v) is 15.7. The van der Waals surface area contributed by atoms with E-state index in [9.17, 15) is 32.7 Å². The monoisotopic (exact) mass is 426 g/mol. The van der Waals surface area contributed by atoms with Crippen LogP contribution in [0.1, 0.15) is 16.8 Å². The second-order valence-corrected chi connectivity index (χ2v) is 7.17. The summed E-state index contributed by atoms with van der Waals surface area (Å²) >= 11 is 0. The summed E-state index contributed by atoms with van der Waals surface area (Å²) < 4.78 is 44.8. The first-order valence-corrected chi connectivity index (χ1v) is 9.00. The van der Waals surface area contributed by atoms with Crippen LogP contribution in [0.25, 0.3) is 10.9 Å². The van der Waals surface area contributed by atoms with E-state index in [0.29, 0.717) is 29.9 Å². The van der Waals surface area contributed by atoms with Gasteiger partial charge in [-0.3, -0.25) is 19.3 Å². The van der Waals surface area contributed by atoms with Crippen LogP contribution in [0.4, 0.5) is 18.9 Å². The number of pyridine rings is 1. The van der Waals surface area contributed by atoms with Crippen LogP contribution in [-0.2, 0) is 4.79 Å². The van der Waals surface area contributed by atoms with Gasteiger partial charge >= 0.3 is 18.1 Å². The molecule has 1 saturated heterocycles. The number of halogens is 3. The van der Waals surface area contributed by atoms with Gasteiger partial charge in [-0.15, -0.1) is 0 Å². The van der Waals surface area contributed by atoms with Crippen LogP contribution in [0.5, 0.6) is 5.75 Å². The average Bonchev–Trinajstić information content (AvgIpc) is 3.13. The minimum absolute atomic E-state index is 0.0725. The van der Waals surface area contributed by atoms with Crippen molar-refractivity contribution in [2.24, 2.45) is 0 Å². The molecule has 1 aromatic carbocycles. The van der Waals surface area contributed by atoms with Crippen LogP contribution < -0.4 is 25.4 Å². The van der Waals surface area contributed by atoms with E-state index in [4.69, 9.17) is 4.74 Å². The predicted octanol–water partition coefficient (Wildman–Crippen LogP) is 0.875. The lowest BCUT2D eigenvalue weighted by Crippen LogP contribution is -2.44. The number of nitrogens with one attached hydrogen (secondary N) is 1. The second kappa shape index (κ2) is 6.82. The lowest BCUT2D eigenvalue weighted by atomic mass is 10.1. The number of carbonyl (C=O) groups excluding carboxylic acids is 1. The van der Waals surface area contributed by atoms with E-state index >= 15 is 0 Å². The highest BCUT2D eigenvalue weighted by Gasteiger charge is 2.41. The number of amides is 1. The molecule has 0 spiro atoms. The third kappa shape index (κ3) is 3.17. The van der Waals surface area contributed by atoms with E-state index in [1.54, 1.807) is 23.0 Å². The van der Waals surface area contributed by atoms with Crippen LogP contribution >= 0.6 is 0 Å². The summed E-state index contributed by atoms with van der Waals surface area (Å²) in [6.07, 6.45) is -3.42. The number of carbonyl (C=O) groups is 2. The Morgan fingerprint density at radius 3 is 2.70 bits per heavy atom. The zero-order valence-electron chi connectivity index (χ0n) is 15.7. The van der Waals surface area contributed by atoms with Crippen molar-refractivity contribution in [3.8, 4) is 5.75 Å². The third-order valence-corrected chi connectivity index (χ3v) is 5.20. The highest BCUT2D eigenvalue weighted by Crippen LogP contribution is 2.39. The molecule has 1 aromatic heterocycles. The lowest BCUT2D eigenvalue weighted by molar-refractivity contribution is -0.174. The maximum Gasteiger partial charge on any atom is 0.471 e. The molecule has 160 valence electrons. The molecule has 2 aliphatic heterocycles. The van der Waals surface area contributed by atoms with Crippen LogP contribution in [0, 0.1) is 0 Å². The number of benzene rings is 1. The lowest BCUT2D eigenvalue weighted by Gasteiger charge is -2.33. The Kier molecular flexibility index (Phi) is 4.51. The molecule has 1 fully saturated rings. The molecular formula is C18H17F3N4O5. The number of carboxylic acids is 1. The quantitative estimate of drug-likeness (QED) is 0.751. The molecule has 2 aliphatic rings. The van der Waals surface area contributed by atoms with Gasteiger partial charge in [0, 0.05) is 32.4 Å². The Morgan fingerprint density at radius 2 is 2.03 bits per heavy atom. The molecule has 0 aliphatic carbocycles. The van der Waals surface area contributed by atoms with Crippen LogP contribution in [0.15, 0.2) is 23.1 Å². The highest BCUT2D eigenvalue weighted by atomic mass is 19.4. The fourth-order valence-electron chi connectivity index (χ4n) is 3.76. The van der Waals surface area contributed by atoms with Gasteiger partial charge in [-0.05, 0) is 18.6 Å². The molecule has 1 atom stereocenters. The van der Waals surface area contributed by atoms with Crippen molar-refractivity contribution in [2.45, 2.75) is 18.6 Å². The van der Waals surface area contributed by atoms with Gasteiger partial charge in [-0.25, -0.2) is 4.79 Å². The maximum absolute atomic E-state index is 12.6. The SMILES string of the molecule is CN1COc2c(N3CC[C@H](NC(=O)C(F)(F)F)C3)ccc3c(=O)c(C(=O)O)cn1c23. The maximum atomic E-state index is 12.6. The van der Waals surface area contributed by atoms with E-state index < -0.39 is 29.5 Å². The smallest absolute Gasteiger partial charge is 0.471 e. The van der Waals surface area contributed by atoms with Crippen LogP contribution in [0.2, 0.25) is 0 Å². The number of hydrogen-bond donors (Lipinski definition) is 2. The molecule has 12 heteroatoms. The first kappa shape index (κ1) is 19.9. The topological polar surface area (TPSA) is 104 Å². The molecule has 30 heavy (non-hydrogen) atoms. The minimum Gasteiger partial charge on any atom is -0.477 e. The van der Waals surface area contributed by atoms with E-state index in [0.717, 1.165) is 0 Å². The van der Waals surface area contributed by atoms with Gasteiger partial charge in [0.1, 0.15) is 11.1 Å². The third-order valence-electron chi connectivity index (χ3n) is 5.20. The second-order valence-electron chi connectivity index (χ2n) is 7.17. The average molecular weight is 426 g/mol. The number of anilines is 1. The molecule has 0 bridgehead atoms. The normalized spacial score (nSPS) is 18.5. The molecule has 0 unspecified atom stereocenters. The van der Waals surface area contributed by atoms with Gasteiger partial charge in [0.2, 0.25) is 5.43 Å². The number of aromatic carboxylic acids is 1. The number of rotatable bonds is 3. The van der Waals surface area contributed by atoms with Gasteiger partial charge in [-0.2, -0.15) is 13.2 Å². The van der Waals surface area contributed by atoms with Crippen molar-refractivity contribution in [3.63, 3.8) is 0 Å². The van der Waals surface area contributed by atoms with Gasteiger partial charge in [0.15, 0.2) is 12.5 Å². The van der Waals surface area contributed by atoms with Crippen molar-refractivity contribution < 1.29 is 32.6 Å². The number of alkyl halides is 3. The summed E-state index contributed by atoms with van der Waals surface area (Å²) in [4.78, 5) is 37.0. The Morgan fingerprint density at radius 1 is 1.30 bits per heavy atom. The van der Waals surface area contributed by atoms with E-state index in [1.165, 1.54) is 16.9 Å². The molecule has 3 heterocycles. The number of carboxylic acid groups (broad SMARTS) is 1. The van der Waals surface area contributed by atoms with Crippen LogP contribution in [-0.4, -0.2) is 60.7 Å². The minimum atomic E-state index is -4.95. The first-order chi connectivity index (χ1) is 14.1. The molecule has 0 radical (unpaired) electrons. The van der Waals surface area contributed by atoms with Crippen molar-refractivity contribution in [2.75, 3.05) is 36.8 Å². The molecule has 2 aromatic rings. The fourth-order valence-corrected chi connectivity index (χ4v) is 3.76. The summed E-state index contributed by atoms with van der Waals surface area (Å²) in [6.45, 7) is 0.581. The van der Waals surface area contributed by atoms with Crippen LogP contribution in [0.3, 0.4) is 0 Å². The van der Waals surface area contributed by atoms with Crippen molar-refractivity contribution in [1.82, 2.24) is 9.99 Å². The first-order valence-electron chi connectivity index (χ1n) is 9.00. The van der Waals surface area contributed by atoms with E-state index in [-0.39, 0.29) is 24.2 Å². The molecule has 9 nitrogen and oxygen atoms in total. The largest absolute Gasteiger partial charge is 0.477 e. The number of ether oxygens (including phenoxy) is 1. The Balaban J connectivity index is 1.73. The zero-order chi connectivity index (χ0) is 21.8. The molecule has 0 saturated carbocycles. The van der Waals surface area contributed by atoms with Crippen molar-refractivity contribution in [1.29, 1.82) is 0 Å². The fraction of sp³-hybridized carbons (Fsp3) is 0.389. The van der Waals surface area contributed by atoms with Crippen molar-refractivity contribution in [3.05, 3.63) is 34.1 Å². The predicted molar refractivity (Wildman–Crippen MR) is 99.6 cm³/mol. The number of nitrogens with zero attached hydrogens (tertiary/aromatic N) is 3. The molecular weight excluding hydrogens is 409 g/mol. The Hall–Kier alpha value is -3.44. The van der Waals surface area contributed by atoms with Gasteiger partial charge in [0.05, 0.1) is 11.1 Å². The van der Waals surface area contributed by atoms with E-state index in [2.05, 4.69) is 0 Å². The number of hydrogen-bond acceptors (Lipinski definition) is 6. The van der Waals surface area contributed by atoms with Gasteiger partial charge < -0.3 is 20.1 Å². The standard InChI is InChI=1S/C18H17F3N4O5/c1-23-8-30-15-12(24-5-4-9(6-24)22-17(29)18(19,20)21)3-2-10-13(15)25(23)7-11(14(10)26)16(27)28/h2-3,7,9H,4-6,8H2,1H3,(H,22,29)(H,27,28)/t9-/m0/s1. The molecule has 4 rings (SSSR count). The number of aromatic nitrogens is 1. The Bertz CT molecular complexity index is 1110. The summed E-state index contributed by atoms with van der Waals surface area (Å²) in [7, 11) is 1.66. The summed E-state index contributed by atoms with van der Waals surface area (Å²) in [5.74, 6) is -3.00. The molecule has 2 N–H and O–H groups in total. The highest BCUT2D eigenvalue weighted by molar-refractivity contribution is 5.97.